The molecule has 0 saturated carbocycles. The Balaban J connectivity index is 0.000000211. The fourth-order valence-corrected chi connectivity index (χ4v) is 9.48. The van der Waals surface area contributed by atoms with Gasteiger partial charge in [-0.15, -0.1) is 43.1 Å². The molecule has 0 atom stereocenters. The zero-order chi connectivity index (χ0) is 51.0. The van der Waals surface area contributed by atoms with E-state index in [2.05, 4.69) is 75.9 Å². The van der Waals surface area contributed by atoms with E-state index in [0.29, 0.717) is 62.5 Å². The number of carbonyl (C=O) groups excluding carboxylic acids is 2. The number of benzene rings is 2. The summed E-state index contributed by atoms with van der Waals surface area (Å²) in [6, 6.07) is 28.1. The number of carbonyl (C=O) groups is 4. The van der Waals surface area contributed by atoms with E-state index in [0.717, 1.165) is 63.2 Å². The Bertz CT molecular complexity index is 2340. The van der Waals surface area contributed by atoms with Gasteiger partial charge in [0.2, 0.25) is 35.4 Å². The van der Waals surface area contributed by atoms with Gasteiger partial charge in [0.05, 0.1) is 13.2 Å². The summed E-state index contributed by atoms with van der Waals surface area (Å²) in [6.07, 6.45) is 4.83. The van der Waals surface area contributed by atoms with Crippen molar-refractivity contribution in [1.82, 2.24) is 40.8 Å². The highest BCUT2D eigenvalue weighted by atomic mass is 32.1. The van der Waals surface area contributed by atoms with Crippen LogP contribution >= 0.6 is 22.7 Å². The maximum absolute atomic E-state index is 12.8. The Morgan fingerprint density at radius 2 is 0.958 bits per heavy atom. The van der Waals surface area contributed by atoms with Crippen LogP contribution in [0.1, 0.15) is 70.1 Å². The summed E-state index contributed by atoms with van der Waals surface area (Å²) in [5, 5.41) is 42.0. The molecule has 4 aromatic heterocycles. The van der Waals surface area contributed by atoms with Gasteiger partial charge in [0.15, 0.2) is 0 Å². The fraction of sp³-hybridized carbons (Fsp3) is 0.440. The average Bonchev–Trinajstić information content (AvgIpc) is 4.26. The number of nitrogens with one attached hydrogen (secondary N) is 2. The molecule has 2 aliphatic rings. The molecule has 2 aliphatic heterocycles. The van der Waals surface area contributed by atoms with Gasteiger partial charge in [0.1, 0.15) is 37.5 Å². The number of methoxy groups -OCH3 is 2. The van der Waals surface area contributed by atoms with Crippen LogP contribution in [0.2, 0.25) is 0 Å². The molecule has 8 rings (SSSR count). The molecule has 4 N–H and O–H groups in total. The second-order valence-corrected chi connectivity index (χ2v) is 19.1. The van der Waals surface area contributed by atoms with Crippen molar-refractivity contribution in [1.29, 1.82) is 0 Å². The predicted molar refractivity (Wildman–Crippen MR) is 265 cm³/mol. The summed E-state index contributed by atoms with van der Waals surface area (Å²) in [5.74, 6) is -2.35. The number of carboxylic acid groups (broad SMARTS) is 2. The molecule has 20 nitrogen and oxygen atoms in total. The van der Waals surface area contributed by atoms with Crippen molar-refractivity contribution in [3.63, 3.8) is 0 Å². The van der Waals surface area contributed by atoms with Gasteiger partial charge in [0, 0.05) is 63.2 Å². The monoisotopic (exact) mass is 1030 g/mol. The second kappa shape index (κ2) is 28.7. The van der Waals surface area contributed by atoms with Gasteiger partial charge >= 0.3 is 11.9 Å². The van der Waals surface area contributed by atoms with Crippen LogP contribution in [0.3, 0.4) is 0 Å². The maximum atomic E-state index is 12.8. The molecule has 6 aromatic rings. The van der Waals surface area contributed by atoms with Crippen LogP contribution in [-0.4, -0.2) is 131 Å². The quantitative estimate of drug-likeness (QED) is 0.0617. The van der Waals surface area contributed by atoms with Crippen molar-refractivity contribution in [2.75, 3.05) is 66.7 Å². The average molecular weight is 1030 g/mol. The minimum atomic E-state index is -1.82. The van der Waals surface area contributed by atoms with Crippen molar-refractivity contribution in [3.05, 3.63) is 140 Å². The van der Waals surface area contributed by atoms with Crippen molar-refractivity contribution < 1.29 is 57.2 Å². The lowest BCUT2D eigenvalue weighted by atomic mass is 9.87. The zero-order valence-electron chi connectivity index (χ0n) is 40.4. The lowest BCUT2D eigenvalue weighted by molar-refractivity contribution is -0.159. The maximum Gasteiger partial charge on any atom is 0.414 e. The Morgan fingerprint density at radius 1 is 0.569 bits per heavy atom. The van der Waals surface area contributed by atoms with E-state index in [1.165, 1.54) is 9.75 Å². The molecule has 2 aromatic carbocycles. The first kappa shape index (κ1) is 55.1. The number of amides is 2. The molecular weight excluding hydrogens is 969 g/mol. The smallest absolute Gasteiger partial charge is 0.414 e. The third-order valence-electron chi connectivity index (χ3n) is 11.8. The first-order valence-corrected chi connectivity index (χ1v) is 25.2. The van der Waals surface area contributed by atoms with Crippen molar-refractivity contribution in [3.8, 4) is 0 Å². The van der Waals surface area contributed by atoms with E-state index in [1.54, 1.807) is 36.9 Å². The minimum Gasteiger partial charge on any atom is -0.473 e. The fourth-order valence-electron chi connectivity index (χ4n) is 8.08. The molecule has 2 fully saturated rings. The molecule has 2 amide bonds. The largest absolute Gasteiger partial charge is 0.473 e. The summed E-state index contributed by atoms with van der Waals surface area (Å²) < 4.78 is 33.3. The van der Waals surface area contributed by atoms with Gasteiger partial charge in [-0.3, -0.25) is 9.59 Å². The third-order valence-corrected chi connectivity index (χ3v) is 13.7. The highest BCUT2D eigenvalue weighted by molar-refractivity contribution is 7.10. The molecule has 22 heteroatoms. The second-order valence-electron chi connectivity index (χ2n) is 17.0. The van der Waals surface area contributed by atoms with E-state index in [9.17, 15) is 9.59 Å². The summed E-state index contributed by atoms with van der Waals surface area (Å²) in [7, 11) is 3.16. The SMILES string of the molecule is COCc1nnc(C2(NC(=O)COCc3ccccc3)CCN(CCc3cccs3)CC2)o1.COCc1nnc(C2(NC(=O)COCc3ccccc3)CCN(CCc3cccs3)CC2)o1.O=C(O)C(=O)O. The highest BCUT2D eigenvalue weighted by Gasteiger charge is 2.43. The number of rotatable bonds is 22. The lowest BCUT2D eigenvalue weighted by Gasteiger charge is -2.40. The number of hydrogen-bond donors (Lipinski definition) is 4. The molecular formula is C50H62N8O12S2. The van der Waals surface area contributed by atoms with E-state index < -0.39 is 23.0 Å². The summed E-state index contributed by atoms with van der Waals surface area (Å²) in [6.45, 7) is 6.50. The molecule has 0 unspecified atom stereocenters. The molecule has 72 heavy (non-hydrogen) atoms. The van der Waals surface area contributed by atoms with Gasteiger partial charge < -0.3 is 58.4 Å². The Morgan fingerprint density at radius 3 is 1.29 bits per heavy atom. The van der Waals surface area contributed by atoms with Gasteiger partial charge in [0.25, 0.3) is 0 Å². The van der Waals surface area contributed by atoms with Crippen LogP contribution in [0.25, 0.3) is 0 Å². The topological polar surface area (TPSA) is 254 Å². The number of aromatic nitrogens is 4. The minimum absolute atomic E-state index is 0.0300. The number of hydrogen-bond acceptors (Lipinski definition) is 18. The van der Waals surface area contributed by atoms with Crippen LogP contribution in [-0.2, 0) is 88.5 Å². The van der Waals surface area contributed by atoms with Crippen molar-refractivity contribution in [2.45, 2.75) is 76.0 Å². The van der Waals surface area contributed by atoms with Gasteiger partial charge in [-0.1, -0.05) is 72.8 Å². The number of nitrogens with zero attached hydrogens (tertiary/aromatic N) is 6. The number of likely N-dealkylation sites (tertiary alicyclic amines) is 2. The van der Waals surface area contributed by atoms with Crippen molar-refractivity contribution >= 4 is 46.4 Å². The van der Waals surface area contributed by atoms with Crippen LogP contribution in [0.15, 0.2) is 105 Å². The normalized spacial score (nSPS) is 15.3. The Hall–Kier alpha value is -6.24. The molecule has 0 aliphatic carbocycles. The van der Waals surface area contributed by atoms with Crippen molar-refractivity contribution in [2.24, 2.45) is 0 Å². The summed E-state index contributed by atoms with van der Waals surface area (Å²) >= 11 is 3.57. The van der Waals surface area contributed by atoms with E-state index in [1.807, 2.05) is 60.7 Å². The number of ether oxygens (including phenoxy) is 4. The van der Waals surface area contributed by atoms with Gasteiger partial charge in [-0.2, -0.15) is 0 Å². The number of aliphatic carboxylic acids is 2. The van der Waals surface area contributed by atoms with Crippen LogP contribution in [0.4, 0.5) is 0 Å². The third kappa shape index (κ3) is 17.5. The predicted octanol–water partition coefficient (Wildman–Crippen LogP) is 5.44. The molecule has 0 bridgehead atoms. The zero-order valence-corrected chi connectivity index (χ0v) is 42.1. The van der Waals surface area contributed by atoms with Crippen LogP contribution < -0.4 is 10.6 Å². The lowest BCUT2D eigenvalue weighted by Crippen LogP contribution is -2.54. The molecule has 6 heterocycles. The van der Waals surface area contributed by atoms with Gasteiger partial charge in [-0.05, 0) is 72.5 Å². The standard InChI is InChI=1S/2C24H30N4O4S.C2H2O4/c2*1-30-18-22-26-27-23(32-22)24(25-21(29)17-31-16-19-6-3-2-4-7-19)10-13-28(14-11-24)12-9-20-8-5-15-33-20;3-1(4)2(5)6/h2*2-8,15H,9-14,16-18H2,1H3,(H,25,29);(H,3,4)(H,5,6). The number of thiophene rings is 2. The first-order valence-electron chi connectivity index (χ1n) is 23.4. The molecule has 0 radical (unpaired) electrons. The molecule has 0 spiro atoms. The van der Waals surface area contributed by atoms with Gasteiger partial charge in [-0.25, -0.2) is 9.59 Å². The summed E-state index contributed by atoms with van der Waals surface area (Å²) in [4.78, 5) is 51.4. The number of carboxylic acids is 2. The van der Waals surface area contributed by atoms with E-state index in [-0.39, 0.29) is 38.2 Å². The van der Waals surface area contributed by atoms with Crippen LogP contribution in [0.5, 0.6) is 0 Å². The number of piperidine rings is 2. The first-order chi connectivity index (χ1) is 35.0. The molecule has 2 saturated heterocycles. The van der Waals surface area contributed by atoms with E-state index in [4.69, 9.17) is 47.6 Å². The van der Waals surface area contributed by atoms with E-state index >= 15 is 0 Å². The highest BCUT2D eigenvalue weighted by Crippen LogP contribution is 2.34. The van der Waals surface area contributed by atoms with Crippen LogP contribution in [0, 0.1) is 0 Å². The Labute approximate surface area is 425 Å². The summed E-state index contributed by atoms with van der Waals surface area (Å²) in [5.41, 5.74) is 0.650. The molecule has 386 valence electrons. The Kier molecular flexibility index (Phi) is 22.0.